The molecule has 0 radical (unpaired) electrons. The lowest BCUT2D eigenvalue weighted by atomic mass is 9.53. The van der Waals surface area contributed by atoms with E-state index in [1.807, 2.05) is 0 Å². The lowest BCUT2D eigenvalue weighted by molar-refractivity contribution is 0.556. The fourth-order valence-electron chi connectivity index (χ4n) is 13.7. The van der Waals surface area contributed by atoms with Gasteiger partial charge in [0, 0.05) is 16.5 Å². The van der Waals surface area contributed by atoms with Crippen LogP contribution in [0.4, 0.5) is 17.1 Å². The van der Waals surface area contributed by atoms with Crippen molar-refractivity contribution in [1.29, 1.82) is 0 Å². The van der Waals surface area contributed by atoms with Gasteiger partial charge in [-0.2, -0.15) is 0 Å². The summed E-state index contributed by atoms with van der Waals surface area (Å²) in [6.07, 6.45) is 0. The Bertz CT molecular complexity index is 3350. The van der Waals surface area contributed by atoms with Crippen LogP contribution in [0.25, 0.3) is 33.4 Å². The summed E-state index contributed by atoms with van der Waals surface area (Å²) >= 11 is 0. The molecule has 9 aromatic carbocycles. The molecule has 2 aliphatic carbocycles. The summed E-state index contributed by atoms with van der Waals surface area (Å²) in [5.41, 5.74) is 22.4. The highest BCUT2D eigenvalue weighted by Crippen LogP contribution is 2.63. The number of hydrogen-bond acceptors (Lipinski definition) is 1. The molecule has 0 fully saturated rings. The lowest BCUT2D eigenvalue weighted by Gasteiger charge is -2.52. The molecule has 2 spiro atoms. The van der Waals surface area contributed by atoms with Crippen LogP contribution in [0.2, 0.25) is 0 Å². The Balaban J connectivity index is 1.08. The van der Waals surface area contributed by atoms with E-state index >= 15 is 0 Å². The molecule has 2 heteroatoms. The van der Waals surface area contributed by atoms with Gasteiger partial charge in [0.2, 0.25) is 0 Å². The van der Waals surface area contributed by atoms with Gasteiger partial charge in [0.1, 0.15) is 0 Å². The molecule has 3 aliphatic heterocycles. The zero-order valence-electron chi connectivity index (χ0n) is 36.0. The van der Waals surface area contributed by atoms with Crippen LogP contribution in [-0.2, 0) is 16.2 Å². The van der Waals surface area contributed by atoms with Crippen molar-refractivity contribution in [1.82, 2.24) is 0 Å². The topological polar surface area (TPSA) is 3.24 Å². The van der Waals surface area contributed by atoms with Gasteiger partial charge in [0.25, 0.3) is 0 Å². The summed E-state index contributed by atoms with van der Waals surface area (Å²) in [4.78, 5) is 2.60. The number of rotatable bonds is 1. The van der Waals surface area contributed by atoms with Gasteiger partial charge in [-0.05, 0) is 123 Å². The van der Waals surface area contributed by atoms with Gasteiger partial charge in [0.15, 0.2) is 8.07 Å². The molecule has 1 nitrogen and oxygen atoms in total. The van der Waals surface area contributed by atoms with Crippen LogP contribution in [0.5, 0.6) is 0 Å². The third kappa shape index (κ3) is 4.02. The second-order valence-electron chi connectivity index (χ2n) is 19.5. The van der Waals surface area contributed by atoms with Crippen LogP contribution < -0.4 is 25.6 Å². The van der Waals surface area contributed by atoms with Crippen LogP contribution in [0.15, 0.2) is 200 Å². The maximum atomic E-state index is 2.64. The standard InChI is InChI=1S/C61H45NSi/c1-59(2)45-23-9-11-25-47(45)61(48-26-12-10-24-46(48)59)49-27-13-15-29-51(49)62(52-30-16-14-28-50(52)61)38-33-34-43-56(37-38)63(53-31-17-6-20-40(53)41-21-7-18-32-54(41)63)55-36-35-42-39-19-5-8-22-44(39)60(3,4)58(42)57(43)55/h5-37H,1-4H3. The molecule has 9 aromatic rings. The number of benzene rings is 9. The summed E-state index contributed by atoms with van der Waals surface area (Å²) in [7, 11) is -2.81. The first-order chi connectivity index (χ1) is 30.8. The Kier molecular flexibility index (Phi) is 6.73. The van der Waals surface area contributed by atoms with Crippen molar-refractivity contribution in [3.05, 3.63) is 245 Å². The van der Waals surface area contributed by atoms with Crippen LogP contribution in [0.1, 0.15) is 72.2 Å². The maximum absolute atomic E-state index is 2.81. The van der Waals surface area contributed by atoms with Gasteiger partial charge in [0.05, 0.1) is 16.8 Å². The van der Waals surface area contributed by atoms with Crippen LogP contribution in [-0.4, -0.2) is 8.07 Å². The summed E-state index contributed by atoms with van der Waals surface area (Å²) in [6.45, 7) is 9.72. The van der Waals surface area contributed by atoms with Crippen molar-refractivity contribution in [2.45, 2.75) is 43.9 Å². The monoisotopic (exact) mass is 819 g/mol. The molecule has 0 saturated heterocycles. The highest BCUT2D eigenvalue weighted by Gasteiger charge is 2.57. The van der Waals surface area contributed by atoms with Crippen molar-refractivity contribution < 1.29 is 0 Å². The molecule has 0 aromatic heterocycles. The maximum Gasteiger partial charge on any atom is 0.182 e. The predicted octanol–water partition coefficient (Wildman–Crippen LogP) is 12.1. The highest BCUT2D eigenvalue weighted by atomic mass is 28.3. The van der Waals surface area contributed by atoms with E-state index in [2.05, 4.69) is 233 Å². The molecule has 0 N–H and O–H groups in total. The van der Waals surface area contributed by atoms with E-state index in [4.69, 9.17) is 0 Å². The van der Waals surface area contributed by atoms with E-state index in [0.29, 0.717) is 0 Å². The molecular weight excluding hydrogens is 775 g/mol. The minimum atomic E-state index is -2.81. The Hall–Kier alpha value is -7.00. The molecule has 14 rings (SSSR count). The minimum absolute atomic E-state index is 0.148. The Morgan fingerprint density at radius 1 is 0.333 bits per heavy atom. The predicted molar refractivity (Wildman–Crippen MR) is 264 cm³/mol. The summed E-state index contributed by atoms with van der Waals surface area (Å²) in [5.74, 6) is 0. The zero-order chi connectivity index (χ0) is 42.0. The molecule has 0 bridgehead atoms. The van der Waals surface area contributed by atoms with E-state index in [0.717, 1.165) is 0 Å². The Morgan fingerprint density at radius 3 is 1.38 bits per heavy atom. The molecule has 0 unspecified atom stereocenters. The molecule has 0 atom stereocenters. The smallest absolute Gasteiger partial charge is 0.182 e. The van der Waals surface area contributed by atoms with E-state index in [-0.39, 0.29) is 10.8 Å². The molecule has 0 amide bonds. The van der Waals surface area contributed by atoms with Crippen molar-refractivity contribution in [3.63, 3.8) is 0 Å². The van der Waals surface area contributed by atoms with Crippen LogP contribution in [0.3, 0.4) is 0 Å². The summed E-state index contributed by atoms with van der Waals surface area (Å²) in [6, 6.07) is 77.5. The second-order valence-corrected chi connectivity index (χ2v) is 23.1. The van der Waals surface area contributed by atoms with Gasteiger partial charge in [-0.3, -0.25) is 0 Å². The first kappa shape index (κ1) is 35.6. The zero-order valence-corrected chi connectivity index (χ0v) is 37.0. The average molecular weight is 820 g/mol. The van der Waals surface area contributed by atoms with Gasteiger partial charge in [-0.1, -0.05) is 204 Å². The molecule has 5 aliphatic rings. The largest absolute Gasteiger partial charge is 0.310 e. The van der Waals surface area contributed by atoms with Crippen LogP contribution in [0, 0.1) is 0 Å². The lowest BCUT2D eigenvalue weighted by Crippen LogP contribution is -2.70. The molecule has 3 heterocycles. The average Bonchev–Trinajstić information content (AvgIpc) is 3.88. The van der Waals surface area contributed by atoms with E-state index < -0.39 is 13.5 Å². The number of anilines is 3. The molecular formula is C61H45NSi. The third-order valence-electron chi connectivity index (χ3n) is 16.1. The minimum Gasteiger partial charge on any atom is -0.310 e. The number of para-hydroxylation sites is 2. The fraction of sp³-hybridized carbons (Fsp3) is 0.115. The van der Waals surface area contributed by atoms with Crippen molar-refractivity contribution in [2.24, 2.45) is 0 Å². The van der Waals surface area contributed by atoms with Crippen molar-refractivity contribution in [2.75, 3.05) is 4.90 Å². The molecule has 63 heavy (non-hydrogen) atoms. The Labute approximate surface area is 371 Å². The van der Waals surface area contributed by atoms with Crippen molar-refractivity contribution in [3.8, 4) is 33.4 Å². The van der Waals surface area contributed by atoms with Gasteiger partial charge in [-0.25, -0.2) is 0 Å². The van der Waals surface area contributed by atoms with Gasteiger partial charge < -0.3 is 4.90 Å². The number of fused-ring (bicyclic) bond motifs is 22. The van der Waals surface area contributed by atoms with E-state index in [9.17, 15) is 0 Å². The normalized spacial score (nSPS) is 17.0. The number of hydrogen-bond donors (Lipinski definition) is 0. The SMILES string of the molecule is CC1(C)c2ccccc2C2(c3ccccc3N(c3ccc4c(c3)[Si]3(c5ccccc5-c5ccccc53)c3ccc5c(c3-4)C(C)(C)c3ccccc3-5)c3ccccc32)c2ccccc21. The highest BCUT2D eigenvalue weighted by molar-refractivity contribution is 7.24. The van der Waals surface area contributed by atoms with Gasteiger partial charge in [-0.15, -0.1) is 0 Å². The van der Waals surface area contributed by atoms with E-state index in [1.165, 1.54) is 116 Å². The van der Waals surface area contributed by atoms with E-state index in [1.54, 1.807) is 0 Å². The number of nitrogens with zero attached hydrogens (tertiary/aromatic N) is 1. The molecule has 298 valence electrons. The fourth-order valence-corrected chi connectivity index (χ4v) is 19.4. The van der Waals surface area contributed by atoms with Crippen LogP contribution >= 0.6 is 0 Å². The second kappa shape index (κ2) is 11.9. The quantitative estimate of drug-likeness (QED) is 0.149. The van der Waals surface area contributed by atoms with Gasteiger partial charge >= 0.3 is 0 Å². The third-order valence-corrected chi connectivity index (χ3v) is 21.1. The Morgan fingerprint density at radius 2 is 0.794 bits per heavy atom. The summed E-state index contributed by atoms with van der Waals surface area (Å²) in [5, 5.41) is 6.04. The molecule has 0 saturated carbocycles. The first-order valence-corrected chi connectivity index (χ1v) is 24.6. The first-order valence-electron chi connectivity index (χ1n) is 22.6. The van der Waals surface area contributed by atoms with Crippen molar-refractivity contribution >= 4 is 45.9 Å². The summed E-state index contributed by atoms with van der Waals surface area (Å²) < 4.78 is 0.